The van der Waals surface area contributed by atoms with Crippen molar-refractivity contribution in [1.29, 1.82) is 0 Å². The zero-order valence-corrected chi connectivity index (χ0v) is 10.5. The number of carbonyl (C=O) groups is 1. The monoisotopic (exact) mass is 272 g/mol. The molecule has 0 saturated carbocycles. The molecular formula is C12H10N5O3-. The van der Waals surface area contributed by atoms with Gasteiger partial charge < -0.3 is 20.0 Å². The number of tetrazole rings is 1. The third-order valence-corrected chi connectivity index (χ3v) is 3.00. The highest BCUT2D eigenvalue weighted by atomic mass is 16.5. The molecule has 1 aliphatic rings. The van der Waals surface area contributed by atoms with Gasteiger partial charge in [-0.25, -0.2) is 0 Å². The van der Waals surface area contributed by atoms with Crippen LogP contribution in [0.1, 0.15) is 11.6 Å². The van der Waals surface area contributed by atoms with Crippen molar-refractivity contribution in [3.8, 4) is 5.75 Å². The second-order valence-corrected chi connectivity index (χ2v) is 4.16. The van der Waals surface area contributed by atoms with E-state index in [0.717, 1.165) is 5.56 Å². The fourth-order valence-electron chi connectivity index (χ4n) is 2.01. The molecule has 0 radical (unpaired) electrons. The maximum Gasteiger partial charge on any atom is 0.248 e. The molecule has 8 heteroatoms. The number of rotatable bonds is 3. The van der Waals surface area contributed by atoms with Crippen molar-refractivity contribution in [2.75, 3.05) is 12.4 Å². The van der Waals surface area contributed by atoms with E-state index in [1.54, 1.807) is 19.2 Å². The average Bonchev–Trinajstić information content (AvgIpc) is 2.94. The normalized spacial score (nSPS) is 16.9. The molecule has 0 amide bonds. The van der Waals surface area contributed by atoms with Crippen LogP contribution in [0.3, 0.4) is 0 Å². The minimum atomic E-state index is -1.31. The smallest absolute Gasteiger partial charge is 0.248 e. The third kappa shape index (κ3) is 1.96. The number of hydrogen-bond acceptors (Lipinski definition) is 7. The van der Waals surface area contributed by atoms with E-state index in [-0.39, 0.29) is 11.6 Å². The van der Waals surface area contributed by atoms with E-state index in [2.05, 4.69) is 20.8 Å². The van der Waals surface area contributed by atoms with Crippen LogP contribution >= 0.6 is 0 Å². The quantitative estimate of drug-likeness (QED) is 0.790. The van der Waals surface area contributed by atoms with E-state index in [0.29, 0.717) is 5.75 Å². The molecule has 0 fully saturated rings. The van der Waals surface area contributed by atoms with Crippen LogP contribution in [0.5, 0.6) is 5.75 Å². The Hall–Kier alpha value is -2.90. The first-order valence-electron chi connectivity index (χ1n) is 5.81. The molecule has 102 valence electrons. The van der Waals surface area contributed by atoms with Crippen molar-refractivity contribution in [2.24, 2.45) is 0 Å². The number of aliphatic carboxylic acids is 1. The van der Waals surface area contributed by atoms with E-state index in [1.807, 2.05) is 12.1 Å². The van der Waals surface area contributed by atoms with Crippen molar-refractivity contribution in [3.63, 3.8) is 0 Å². The number of nitrogens with zero attached hydrogens (tertiary/aromatic N) is 4. The number of anilines is 1. The van der Waals surface area contributed by atoms with Gasteiger partial charge in [0.1, 0.15) is 11.8 Å². The van der Waals surface area contributed by atoms with Crippen LogP contribution in [-0.2, 0) is 4.79 Å². The highest BCUT2D eigenvalue weighted by Gasteiger charge is 2.23. The van der Waals surface area contributed by atoms with Gasteiger partial charge >= 0.3 is 0 Å². The zero-order chi connectivity index (χ0) is 14.1. The molecule has 1 aromatic carbocycles. The number of carboxylic acids is 1. The van der Waals surface area contributed by atoms with Gasteiger partial charge in [0, 0.05) is 0 Å². The lowest BCUT2D eigenvalue weighted by Crippen LogP contribution is -2.32. The predicted octanol–water partition coefficient (Wildman–Crippen LogP) is -0.670. The predicted molar refractivity (Wildman–Crippen MR) is 65.7 cm³/mol. The van der Waals surface area contributed by atoms with E-state index >= 15 is 0 Å². The number of fused-ring (bicyclic) bond motifs is 1. The summed E-state index contributed by atoms with van der Waals surface area (Å²) in [5.41, 5.74) is 0.771. The lowest BCUT2D eigenvalue weighted by molar-refractivity contribution is -0.299. The maximum absolute atomic E-state index is 11.0. The van der Waals surface area contributed by atoms with E-state index in [9.17, 15) is 9.90 Å². The van der Waals surface area contributed by atoms with Crippen molar-refractivity contribution >= 4 is 11.9 Å². The van der Waals surface area contributed by atoms with Crippen molar-refractivity contribution in [3.05, 3.63) is 41.6 Å². The molecule has 0 bridgehead atoms. The van der Waals surface area contributed by atoms with Gasteiger partial charge in [-0.1, -0.05) is 17.2 Å². The van der Waals surface area contributed by atoms with E-state index < -0.39 is 12.0 Å². The maximum atomic E-state index is 11.0. The summed E-state index contributed by atoms with van der Waals surface area (Å²) in [5, 5.41) is 24.7. The van der Waals surface area contributed by atoms with Gasteiger partial charge in [-0.2, -0.15) is 4.68 Å². The van der Waals surface area contributed by atoms with Gasteiger partial charge in [-0.05, 0) is 34.2 Å². The Morgan fingerprint density at radius 3 is 2.80 bits per heavy atom. The number of nitrogens with one attached hydrogen (secondary N) is 1. The summed E-state index contributed by atoms with van der Waals surface area (Å²) in [5.74, 6) is -0.339. The molecule has 8 nitrogen and oxygen atoms in total. The van der Waals surface area contributed by atoms with Crippen LogP contribution in [0.15, 0.2) is 36.0 Å². The summed E-state index contributed by atoms with van der Waals surface area (Å²) < 4.78 is 6.59. The minimum absolute atomic E-state index is 0.0619. The fraction of sp³-hybridized carbons (Fsp3) is 0.167. The van der Waals surface area contributed by atoms with Crippen molar-refractivity contribution in [2.45, 2.75) is 6.04 Å². The molecular weight excluding hydrogens is 262 g/mol. The Morgan fingerprint density at radius 1 is 1.40 bits per heavy atom. The summed E-state index contributed by atoms with van der Waals surface area (Å²) in [6.45, 7) is 0. The second kappa shape index (κ2) is 4.65. The number of carboxylic acid groups (broad SMARTS) is 1. The van der Waals surface area contributed by atoms with Gasteiger partial charge in [-0.15, -0.1) is 0 Å². The lowest BCUT2D eigenvalue weighted by Gasteiger charge is -2.23. The first-order chi connectivity index (χ1) is 9.69. The summed E-state index contributed by atoms with van der Waals surface area (Å²) >= 11 is 0. The Morgan fingerprint density at radius 2 is 2.15 bits per heavy atom. The third-order valence-electron chi connectivity index (χ3n) is 3.00. The SMILES string of the molecule is COc1ccc([C@H]2C=C(C(=O)[O-])Nc3nnnn32)cc1. The first kappa shape index (κ1) is 12.2. The number of aromatic nitrogens is 4. The number of benzene rings is 1. The van der Waals surface area contributed by atoms with Gasteiger partial charge in [-0.3, -0.25) is 0 Å². The molecule has 1 aromatic heterocycles. The summed E-state index contributed by atoms with van der Waals surface area (Å²) in [7, 11) is 1.58. The molecule has 1 aliphatic heterocycles. The van der Waals surface area contributed by atoms with Gasteiger partial charge in [0.05, 0.1) is 18.8 Å². The molecule has 0 aliphatic carbocycles. The first-order valence-corrected chi connectivity index (χ1v) is 5.81. The standard InChI is InChI=1S/C12H11N5O3/c1-20-8-4-2-7(3-5-8)10-6-9(11(18)19)13-12-14-15-16-17(10)12/h2-6,10H,1H3,(H,18,19)(H,13,14,16)/p-1/t10-/m1/s1. The van der Waals surface area contributed by atoms with Crippen LogP contribution in [0.25, 0.3) is 0 Å². The van der Waals surface area contributed by atoms with Gasteiger partial charge in [0.15, 0.2) is 0 Å². The highest BCUT2D eigenvalue weighted by Crippen LogP contribution is 2.28. The Balaban J connectivity index is 2.04. The average molecular weight is 272 g/mol. The molecule has 1 N–H and O–H groups in total. The summed E-state index contributed by atoms with van der Waals surface area (Å²) in [6, 6.07) is 6.80. The summed E-state index contributed by atoms with van der Waals surface area (Å²) in [4.78, 5) is 11.0. The second-order valence-electron chi connectivity index (χ2n) is 4.16. The number of methoxy groups -OCH3 is 1. The molecule has 2 aromatic rings. The molecule has 3 rings (SSSR count). The Kier molecular flexibility index (Phi) is 2.82. The molecule has 20 heavy (non-hydrogen) atoms. The molecule has 0 spiro atoms. The number of allylic oxidation sites excluding steroid dienone is 1. The Bertz CT molecular complexity index is 677. The number of carbonyl (C=O) groups excluding carboxylic acids is 1. The minimum Gasteiger partial charge on any atom is -0.543 e. The van der Waals surface area contributed by atoms with Crippen LogP contribution < -0.4 is 15.2 Å². The number of hydrogen-bond donors (Lipinski definition) is 1. The van der Waals surface area contributed by atoms with Crippen LogP contribution in [0.4, 0.5) is 5.95 Å². The summed E-state index contributed by atoms with van der Waals surface area (Å²) in [6.07, 6.45) is 1.50. The lowest BCUT2D eigenvalue weighted by atomic mass is 10.0. The topological polar surface area (TPSA) is 105 Å². The largest absolute Gasteiger partial charge is 0.543 e. The van der Waals surface area contributed by atoms with Crippen LogP contribution in [-0.4, -0.2) is 33.3 Å². The Labute approximate surface area is 113 Å². The van der Waals surface area contributed by atoms with E-state index in [4.69, 9.17) is 4.74 Å². The van der Waals surface area contributed by atoms with E-state index in [1.165, 1.54) is 10.8 Å². The number of ether oxygens (including phenoxy) is 1. The van der Waals surface area contributed by atoms with Crippen molar-refractivity contribution in [1.82, 2.24) is 20.2 Å². The van der Waals surface area contributed by atoms with Crippen molar-refractivity contribution < 1.29 is 14.6 Å². The van der Waals surface area contributed by atoms with Gasteiger partial charge in [0.25, 0.3) is 0 Å². The zero-order valence-electron chi connectivity index (χ0n) is 10.5. The molecule has 0 unspecified atom stereocenters. The molecule has 0 saturated heterocycles. The fourth-order valence-corrected chi connectivity index (χ4v) is 2.01. The van der Waals surface area contributed by atoms with Gasteiger partial charge in [0.2, 0.25) is 5.95 Å². The highest BCUT2D eigenvalue weighted by molar-refractivity contribution is 5.88. The molecule has 2 heterocycles. The molecule has 1 atom stereocenters. The van der Waals surface area contributed by atoms with Crippen LogP contribution in [0.2, 0.25) is 0 Å². The van der Waals surface area contributed by atoms with Crippen LogP contribution in [0, 0.1) is 0 Å².